The number of Topliss-reactive ketones (excluding diaryl/α,β-unsaturated/α-hetero) is 1. The highest BCUT2D eigenvalue weighted by molar-refractivity contribution is 6.46. The van der Waals surface area contributed by atoms with Gasteiger partial charge in [-0.3, -0.25) is 9.59 Å². The molecule has 0 saturated carbocycles. The van der Waals surface area contributed by atoms with Crippen LogP contribution in [0.1, 0.15) is 35.4 Å². The zero-order chi connectivity index (χ0) is 24.5. The molecule has 3 heterocycles. The van der Waals surface area contributed by atoms with Gasteiger partial charge in [0.25, 0.3) is 11.7 Å². The largest absolute Gasteiger partial charge is 0.507 e. The zero-order valence-electron chi connectivity index (χ0n) is 19.3. The second-order valence-electron chi connectivity index (χ2n) is 8.63. The Morgan fingerprint density at radius 1 is 1.20 bits per heavy atom. The summed E-state index contributed by atoms with van der Waals surface area (Å²) < 4.78 is 16.9. The number of likely N-dealkylation sites (tertiary alicyclic amines) is 1. The first-order chi connectivity index (χ1) is 17.0. The van der Waals surface area contributed by atoms with E-state index >= 15 is 0 Å². The summed E-state index contributed by atoms with van der Waals surface area (Å²) in [5.41, 5.74) is 2.07. The minimum absolute atomic E-state index is 0.0225. The fourth-order valence-electron chi connectivity index (χ4n) is 4.61. The number of amides is 1. The molecule has 1 saturated heterocycles. The molecule has 0 aliphatic carbocycles. The number of hydrogen-bond donors (Lipinski definition) is 1. The predicted molar refractivity (Wildman–Crippen MR) is 129 cm³/mol. The lowest BCUT2D eigenvalue weighted by Crippen LogP contribution is -2.29. The maximum atomic E-state index is 13.3. The van der Waals surface area contributed by atoms with Gasteiger partial charge in [-0.1, -0.05) is 24.8 Å². The second kappa shape index (κ2) is 9.18. The molecule has 2 aliphatic heterocycles. The second-order valence-corrected chi connectivity index (χ2v) is 8.63. The standard InChI is InChI=1S/C28H25NO6/c1-3-11-33-21-7-4-6-18(15-21)25-24(27(31)28(32)29(25)16-22-8-5-12-34-22)26(30)19-9-10-23-20(14-19)13-17(2)35-23/h3-10,12,14-15,17,25,30H,1,11,13,16H2,2H3. The molecule has 7 heteroatoms. The summed E-state index contributed by atoms with van der Waals surface area (Å²) in [4.78, 5) is 27.9. The minimum atomic E-state index is -0.823. The van der Waals surface area contributed by atoms with Crippen molar-refractivity contribution < 1.29 is 28.6 Å². The molecule has 3 aromatic rings. The van der Waals surface area contributed by atoms with Crippen LogP contribution in [0.25, 0.3) is 5.76 Å². The number of nitrogens with zero attached hydrogens (tertiary/aromatic N) is 1. The number of fused-ring (bicyclic) bond motifs is 1. The molecule has 0 spiro atoms. The van der Waals surface area contributed by atoms with E-state index in [0.29, 0.717) is 35.7 Å². The minimum Gasteiger partial charge on any atom is -0.507 e. The molecule has 1 fully saturated rings. The molecule has 5 rings (SSSR count). The molecular formula is C28H25NO6. The molecule has 7 nitrogen and oxygen atoms in total. The quantitative estimate of drug-likeness (QED) is 0.231. The van der Waals surface area contributed by atoms with Gasteiger partial charge >= 0.3 is 0 Å². The Hall–Kier alpha value is -4.26. The van der Waals surface area contributed by atoms with E-state index in [0.717, 1.165) is 11.3 Å². The van der Waals surface area contributed by atoms with Crippen LogP contribution in [0.3, 0.4) is 0 Å². The van der Waals surface area contributed by atoms with E-state index in [-0.39, 0.29) is 24.0 Å². The van der Waals surface area contributed by atoms with Crippen molar-refractivity contribution in [3.05, 3.63) is 102 Å². The third kappa shape index (κ3) is 4.21. The molecule has 0 radical (unpaired) electrons. The summed E-state index contributed by atoms with van der Waals surface area (Å²) in [6.45, 7) is 6.03. The molecule has 2 atom stereocenters. The van der Waals surface area contributed by atoms with Gasteiger partial charge in [0, 0.05) is 12.0 Å². The number of furan rings is 1. The Bertz CT molecular complexity index is 1320. The van der Waals surface area contributed by atoms with Crippen LogP contribution in [0, 0.1) is 0 Å². The Morgan fingerprint density at radius 2 is 2.06 bits per heavy atom. The number of ether oxygens (including phenoxy) is 2. The van der Waals surface area contributed by atoms with Crippen LogP contribution >= 0.6 is 0 Å². The fraction of sp³-hybridized carbons (Fsp3) is 0.214. The summed E-state index contributed by atoms with van der Waals surface area (Å²) in [6.07, 6.45) is 3.89. The SMILES string of the molecule is C=CCOc1cccc(C2C(=C(O)c3ccc4c(c3)CC(C)O4)C(=O)C(=O)N2Cc2ccco2)c1. The molecule has 2 aliphatic rings. The van der Waals surface area contributed by atoms with Gasteiger partial charge in [0.15, 0.2) is 0 Å². The van der Waals surface area contributed by atoms with Crippen LogP contribution in [0.2, 0.25) is 0 Å². The number of carbonyl (C=O) groups excluding carboxylic acids is 2. The predicted octanol–water partition coefficient (Wildman–Crippen LogP) is 4.79. The van der Waals surface area contributed by atoms with Crippen molar-refractivity contribution in [1.29, 1.82) is 0 Å². The lowest BCUT2D eigenvalue weighted by molar-refractivity contribution is -0.140. The van der Waals surface area contributed by atoms with Crippen LogP contribution in [0.4, 0.5) is 0 Å². The number of carbonyl (C=O) groups is 2. The molecular weight excluding hydrogens is 446 g/mol. The van der Waals surface area contributed by atoms with Crippen molar-refractivity contribution in [3.63, 3.8) is 0 Å². The van der Waals surface area contributed by atoms with Gasteiger partial charge in [-0.15, -0.1) is 0 Å². The average Bonchev–Trinajstić information content (AvgIpc) is 3.56. The average molecular weight is 472 g/mol. The number of benzene rings is 2. The third-order valence-corrected chi connectivity index (χ3v) is 6.16. The molecule has 2 aromatic carbocycles. The van der Waals surface area contributed by atoms with Crippen LogP contribution in [0.15, 0.2) is 83.5 Å². The maximum Gasteiger partial charge on any atom is 0.296 e. The van der Waals surface area contributed by atoms with Gasteiger partial charge in [-0.25, -0.2) is 0 Å². The van der Waals surface area contributed by atoms with Gasteiger partial charge in [-0.05, 0) is 60.5 Å². The fourth-order valence-corrected chi connectivity index (χ4v) is 4.61. The van der Waals surface area contributed by atoms with Crippen molar-refractivity contribution in [1.82, 2.24) is 4.90 Å². The van der Waals surface area contributed by atoms with Crippen molar-refractivity contribution >= 4 is 17.4 Å². The molecule has 35 heavy (non-hydrogen) atoms. The monoisotopic (exact) mass is 471 g/mol. The maximum absolute atomic E-state index is 13.3. The molecule has 1 N–H and O–H groups in total. The molecule has 178 valence electrons. The van der Waals surface area contributed by atoms with Gasteiger partial charge < -0.3 is 23.9 Å². The Balaban J connectivity index is 1.62. The highest BCUT2D eigenvalue weighted by Gasteiger charge is 2.46. The first-order valence-electron chi connectivity index (χ1n) is 11.4. The van der Waals surface area contributed by atoms with Gasteiger partial charge in [0.05, 0.1) is 24.4 Å². The molecule has 2 unspecified atom stereocenters. The Labute approximate surface area is 202 Å². The Kier molecular flexibility index (Phi) is 5.91. The van der Waals surface area contributed by atoms with E-state index in [1.165, 1.54) is 11.2 Å². The summed E-state index contributed by atoms with van der Waals surface area (Å²) in [5, 5.41) is 11.4. The smallest absolute Gasteiger partial charge is 0.296 e. The van der Waals surface area contributed by atoms with Crippen molar-refractivity contribution in [3.8, 4) is 11.5 Å². The summed E-state index contributed by atoms with van der Waals surface area (Å²) in [6, 6.07) is 15.1. The van der Waals surface area contributed by atoms with Crippen molar-refractivity contribution in [2.45, 2.75) is 32.0 Å². The summed E-state index contributed by atoms with van der Waals surface area (Å²) >= 11 is 0. The van der Waals surface area contributed by atoms with Crippen molar-refractivity contribution in [2.24, 2.45) is 0 Å². The third-order valence-electron chi connectivity index (χ3n) is 6.16. The number of rotatable bonds is 7. The lowest BCUT2D eigenvalue weighted by Gasteiger charge is -2.25. The van der Waals surface area contributed by atoms with Crippen LogP contribution in [0.5, 0.6) is 11.5 Å². The summed E-state index contributed by atoms with van der Waals surface area (Å²) in [5.74, 6) is 0.172. The highest BCUT2D eigenvalue weighted by atomic mass is 16.5. The molecule has 0 bridgehead atoms. The zero-order valence-corrected chi connectivity index (χ0v) is 19.3. The summed E-state index contributed by atoms with van der Waals surface area (Å²) in [7, 11) is 0. The number of ketones is 1. The molecule has 1 amide bonds. The van der Waals surface area contributed by atoms with Crippen LogP contribution in [-0.4, -0.2) is 34.4 Å². The van der Waals surface area contributed by atoms with Gasteiger partial charge in [-0.2, -0.15) is 0 Å². The van der Waals surface area contributed by atoms with Gasteiger partial charge in [0.1, 0.15) is 35.7 Å². The topological polar surface area (TPSA) is 89.2 Å². The first-order valence-corrected chi connectivity index (χ1v) is 11.4. The van der Waals surface area contributed by atoms with Crippen LogP contribution in [-0.2, 0) is 22.6 Å². The number of hydrogen-bond acceptors (Lipinski definition) is 6. The number of aliphatic hydroxyl groups is 1. The lowest BCUT2D eigenvalue weighted by atomic mass is 9.94. The molecule has 1 aromatic heterocycles. The van der Waals surface area contributed by atoms with E-state index < -0.39 is 17.7 Å². The van der Waals surface area contributed by atoms with Crippen LogP contribution < -0.4 is 9.47 Å². The van der Waals surface area contributed by atoms with Crippen molar-refractivity contribution in [2.75, 3.05) is 6.61 Å². The van der Waals surface area contributed by atoms with E-state index in [2.05, 4.69) is 6.58 Å². The van der Waals surface area contributed by atoms with E-state index in [9.17, 15) is 14.7 Å². The van der Waals surface area contributed by atoms with E-state index in [1.54, 1.807) is 54.6 Å². The van der Waals surface area contributed by atoms with E-state index in [4.69, 9.17) is 13.9 Å². The first kappa shape index (κ1) is 22.5. The van der Waals surface area contributed by atoms with E-state index in [1.807, 2.05) is 13.0 Å². The van der Waals surface area contributed by atoms with Gasteiger partial charge in [0.2, 0.25) is 0 Å². The highest BCUT2D eigenvalue weighted by Crippen LogP contribution is 2.42. The number of aliphatic hydroxyl groups excluding tert-OH is 1. The normalized spacial score (nSPS) is 20.5. The Morgan fingerprint density at radius 3 is 2.83 bits per heavy atom.